The minimum Gasteiger partial charge on any atom is -0.384 e. The molecule has 2 saturated heterocycles. The van der Waals surface area contributed by atoms with Gasteiger partial charge in [0.2, 0.25) is 0 Å². The third-order valence-electron chi connectivity index (χ3n) is 7.22. The second kappa shape index (κ2) is 8.81. The summed E-state index contributed by atoms with van der Waals surface area (Å²) in [6.45, 7) is 18.6. The zero-order valence-corrected chi connectivity index (χ0v) is 20.4. The van der Waals surface area contributed by atoms with Crippen molar-refractivity contribution < 1.29 is 4.79 Å². The molecule has 2 unspecified atom stereocenters. The number of aryl methyl sites for hydroxylation is 4. The first-order valence-corrected chi connectivity index (χ1v) is 11.7. The lowest BCUT2D eigenvalue weighted by Crippen LogP contribution is -2.39. The average molecular weight is 436 g/mol. The molecule has 2 aliphatic rings. The lowest BCUT2D eigenvalue weighted by Gasteiger charge is -2.32. The van der Waals surface area contributed by atoms with Gasteiger partial charge in [0.15, 0.2) is 0 Å². The molecule has 2 fully saturated rings. The average Bonchev–Trinajstić information content (AvgIpc) is 3.27. The van der Waals surface area contributed by atoms with Crippen LogP contribution in [-0.4, -0.2) is 64.9 Å². The smallest absolute Gasteiger partial charge is 0.257 e. The van der Waals surface area contributed by atoms with Crippen LogP contribution >= 0.6 is 0 Å². The van der Waals surface area contributed by atoms with Gasteiger partial charge in [0, 0.05) is 45.0 Å². The predicted octanol–water partition coefficient (Wildman–Crippen LogP) is 3.85. The molecule has 1 aromatic heterocycles. The van der Waals surface area contributed by atoms with Gasteiger partial charge in [0.05, 0.1) is 17.0 Å². The second-order valence-electron chi connectivity index (χ2n) is 10.7. The number of nitrogens with one attached hydrogen (secondary N) is 1. The number of fused-ring (bicyclic) bond motifs is 1. The SMILES string of the molecule is Cc1ccc(NCC(C)(C)CN2CC3CN(C(=O)c4c(C)ncnc4C)CC3C2)cc1C. The highest BCUT2D eigenvalue weighted by Gasteiger charge is 2.43. The van der Waals surface area contributed by atoms with Gasteiger partial charge in [-0.3, -0.25) is 4.79 Å². The molecule has 0 radical (unpaired) electrons. The zero-order chi connectivity index (χ0) is 23.0. The minimum atomic E-state index is 0.0967. The molecule has 0 aliphatic carbocycles. The fraction of sp³-hybridized carbons (Fsp3) is 0.577. The van der Waals surface area contributed by atoms with Crippen molar-refractivity contribution in [3.05, 3.63) is 52.6 Å². The van der Waals surface area contributed by atoms with Crippen molar-refractivity contribution in [2.45, 2.75) is 41.5 Å². The Labute approximate surface area is 192 Å². The van der Waals surface area contributed by atoms with Crippen LogP contribution in [0, 0.1) is 44.9 Å². The van der Waals surface area contributed by atoms with Gasteiger partial charge in [0.25, 0.3) is 5.91 Å². The molecule has 172 valence electrons. The van der Waals surface area contributed by atoms with Crippen molar-refractivity contribution in [3.63, 3.8) is 0 Å². The number of carbonyl (C=O) groups excluding carboxylic acids is 1. The molecular formula is C26H37N5O. The quantitative estimate of drug-likeness (QED) is 0.747. The summed E-state index contributed by atoms with van der Waals surface area (Å²) in [4.78, 5) is 26.2. The van der Waals surface area contributed by atoms with E-state index >= 15 is 0 Å². The Kier molecular flexibility index (Phi) is 6.26. The molecule has 0 spiro atoms. The van der Waals surface area contributed by atoms with Gasteiger partial charge in [-0.15, -0.1) is 0 Å². The van der Waals surface area contributed by atoms with Crippen molar-refractivity contribution in [3.8, 4) is 0 Å². The van der Waals surface area contributed by atoms with Crippen LogP contribution in [0.5, 0.6) is 0 Å². The molecule has 32 heavy (non-hydrogen) atoms. The molecule has 2 atom stereocenters. The number of carbonyl (C=O) groups is 1. The van der Waals surface area contributed by atoms with E-state index in [1.165, 1.54) is 23.1 Å². The highest BCUT2D eigenvalue weighted by atomic mass is 16.2. The van der Waals surface area contributed by atoms with Crippen LogP contribution < -0.4 is 5.32 Å². The Balaban J connectivity index is 1.30. The van der Waals surface area contributed by atoms with Crippen molar-refractivity contribution in [2.75, 3.05) is 44.6 Å². The Morgan fingerprint density at radius 2 is 1.62 bits per heavy atom. The van der Waals surface area contributed by atoms with Crippen LogP contribution in [0.3, 0.4) is 0 Å². The summed E-state index contributed by atoms with van der Waals surface area (Å²) >= 11 is 0. The molecule has 3 heterocycles. The molecule has 6 heteroatoms. The second-order valence-corrected chi connectivity index (χ2v) is 10.7. The number of amides is 1. The first-order valence-electron chi connectivity index (χ1n) is 11.7. The van der Waals surface area contributed by atoms with Crippen molar-refractivity contribution >= 4 is 11.6 Å². The molecule has 2 aliphatic heterocycles. The topological polar surface area (TPSA) is 61.4 Å². The number of benzene rings is 1. The van der Waals surface area contributed by atoms with Crippen LogP contribution in [0.15, 0.2) is 24.5 Å². The highest BCUT2D eigenvalue weighted by Crippen LogP contribution is 2.34. The largest absolute Gasteiger partial charge is 0.384 e. The fourth-order valence-corrected chi connectivity index (χ4v) is 5.30. The van der Waals surface area contributed by atoms with Crippen molar-refractivity contribution in [1.82, 2.24) is 19.8 Å². The molecule has 6 nitrogen and oxygen atoms in total. The zero-order valence-electron chi connectivity index (χ0n) is 20.4. The van der Waals surface area contributed by atoms with E-state index in [4.69, 9.17) is 0 Å². The van der Waals surface area contributed by atoms with Crippen LogP contribution in [0.25, 0.3) is 0 Å². The highest BCUT2D eigenvalue weighted by molar-refractivity contribution is 5.96. The minimum absolute atomic E-state index is 0.0967. The van der Waals surface area contributed by atoms with E-state index in [0.717, 1.165) is 50.7 Å². The van der Waals surface area contributed by atoms with Crippen LogP contribution in [0.2, 0.25) is 0 Å². The summed E-state index contributed by atoms with van der Waals surface area (Å²) in [6, 6.07) is 6.59. The summed E-state index contributed by atoms with van der Waals surface area (Å²) in [5, 5.41) is 3.64. The Morgan fingerprint density at radius 1 is 1.00 bits per heavy atom. The Bertz CT molecular complexity index is 967. The van der Waals surface area contributed by atoms with Crippen LogP contribution in [-0.2, 0) is 0 Å². The predicted molar refractivity (Wildman–Crippen MR) is 129 cm³/mol. The lowest BCUT2D eigenvalue weighted by atomic mass is 9.92. The molecule has 1 N–H and O–H groups in total. The molecule has 4 rings (SSSR count). The lowest BCUT2D eigenvalue weighted by molar-refractivity contribution is 0.0767. The van der Waals surface area contributed by atoms with E-state index in [-0.39, 0.29) is 11.3 Å². The van der Waals surface area contributed by atoms with Gasteiger partial charge >= 0.3 is 0 Å². The first-order chi connectivity index (χ1) is 15.1. The fourth-order valence-electron chi connectivity index (χ4n) is 5.30. The first kappa shape index (κ1) is 22.7. The molecule has 1 aromatic carbocycles. The van der Waals surface area contributed by atoms with Crippen LogP contribution in [0.1, 0.15) is 46.7 Å². The molecule has 0 bridgehead atoms. The van der Waals surface area contributed by atoms with E-state index in [1.54, 1.807) is 0 Å². The third-order valence-corrected chi connectivity index (χ3v) is 7.22. The van der Waals surface area contributed by atoms with Gasteiger partial charge in [-0.25, -0.2) is 9.97 Å². The standard InChI is InChI=1S/C26H37N5O/c1-17-7-8-23(9-18(17)2)27-14-26(5,6)15-30-10-21-12-31(13-22(21)11-30)25(32)24-19(3)28-16-29-20(24)4/h7-9,16,21-22,27H,10-15H2,1-6H3. The van der Waals surface area contributed by atoms with Crippen molar-refractivity contribution in [1.29, 1.82) is 0 Å². The number of anilines is 1. The van der Waals surface area contributed by atoms with E-state index in [1.807, 2.05) is 18.7 Å². The summed E-state index contributed by atoms with van der Waals surface area (Å²) in [5.41, 5.74) is 6.26. The number of hydrogen-bond acceptors (Lipinski definition) is 5. The summed E-state index contributed by atoms with van der Waals surface area (Å²) in [6.07, 6.45) is 1.54. The van der Waals surface area contributed by atoms with Gasteiger partial charge in [-0.1, -0.05) is 19.9 Å². The number of aromatic nitrogens is 2. The maximum atomic E-state index is 13.1. The number of hydrogen-bond donors (Lipinski definition) is 1. The monoisotopic (exact) mass is 435 g/mol. The molecular weight excluding hydrogens is 398 g/mol. The maximum absolute atomic E-state index is 13.1. The molecule has 2 aromatic rings. The van der Waals surface area contributed by atoms with Crippen LogP contribution in [0.4, 0.5) is 5.69 Å². The summed E-state index contributed by atoms with van der Waals surface area (Å²) in [7, 11) is 0. The maximum Gasteiger partial charge on any atom is 0.257 e. The Morgan fingerprint density at radius 3 is 2.22 bits per heavy atom. The normalized spacial score (nSPS) is 21.1. The summed E-state index contributed by atoms with van der Waals surface area (Å²) < 4.78 is 0. The van der Waals surface area contributed by atoms with Gasteiger partial charge < -0.3 is 15.1 Å². The van der Waals surface area contributed by atoms with Gasteiger partial charge in [0.1, 0.15) is 6.33 Å². The number of likely N-dealkylation sites (tertiary alicyclic amines) is 2. The number of nitrogens with zero attached hydrogens (tertiary/aromatic N) is 4. The van der Waals surface area contributed by atoms with E-state index < -0.39 is 0 Å². The van der Waals surface area contributed by atoms with Crippen molar-refractivity contribution in [2.24, 2.45) is 17.3 Å². The summed E-state index contributed by atoms with van der Waals surface area (Å²) in [5.74, 6) is 1.22. The van der Waals surface area contributed by atoms with E-state index in [2.05, 4.69) is 66.1 Å². The molecule has 1 amide bonds. The van der Waals surface area contributed by atoms with E-state index in [0.29, 0.717) is 17.4 Å². The Hall–Kier alpha value is -2.47. The van der Waals surface area contributed by atoms with Gasteiger partial charge in [-0.05, 0) is 68.2 Å². The molecule has 0 saturated carbocycles. The van der Waals surface area contributed by atoms with Gasteiger partial charge in [-0.2, -0.15) is 0 Å². The van der Waals surface area contributed by atoms with E-state index in [9.17, 15) is 4.79 Å². The third kappa shape index (κ3) is 4.80. The number of rotatable bonds is 6.